The van der Waals surface area contributed by atoms with Gasteiger partial charge in [0.2, 0.25) is 10.0 Å². The molecule has 1 heterocycles. The topological polar surface area (TPSA) is 81.4 Å². The number of hydrogen-bond acceptors (Lipinski definition) is 4. The van der Waals surface area contributed by atoms with Gasteiger partial charge in [0.15, 0.2) is 0 Å². The van der Waals surface area contributed by atoms with Gasteiger partial charge >= 0.3 is 0 Å². The minimum absolute atomic E-state index is 0.0591. The molecule has 0 spiro atoms. The SMILES string of the molecule is Nc1c(Cl)ccc(S(=O)(=O)NC2CCOC2)c1Cl. The van der Waals surface area contributed by atoms with Gasteiger partial charge in [0.25, 0.3) is 0 Å². The standard InChI is InChI=1S/C10H12Cl2N2O3S/c11-7-1-2-8(9(12)10(7)13)18(15,16)14-6-3-4-17-5-6/h1-2,6,14H,3-5,13H2. The summed E-state index contributed by atoms with van der Waals surface area (Å²) in [6.45, 7) is 0.906. The van der Waals surface area contributed by atoms with Crippen LogP contribution in [0.15, 0.2) is 17.0 Å². The number of sulfonamides is 1. The van der Waals surface area contributed by atoms with Gasteiger partial charge in [-0.3, -0.25) is 0 Å². The molecule has 1 aliphatic rings. The zero-order valence-corrected chi connectivity index (χ0v) is 11.6. The Hall–Kier alpha value is -0.530. The van der Waals surface area contributed by atoms with Gasteiger partial charge in [-0.2, -0.15) is 0 Å². The first-order valence-electron chi connectivity index (χ1n) is 5.25. The van der Waals surface area contributed by atoms with Crippen molar-refractivity contribution in [3.63, 3.8) is 0 Å². The van der Waals surface area contributed by atoms with E-state index in [4.69, 9.17) is 33.7 Å². The molecule has 1 saturated heterocycles. The van der Waals surface area contributed by atoms with Crippen molar-refractivity contribution in [2.24, 2.45) is 0 Å². The molecule has 0 radical (unpaired) electrons. The molecule has 1 aliphatic heterocycles. The lowest BCUT2D eigenvalue weighted by molar-refractivity contribution is 0.192. The van der Waals surface area contributed by atoms with Crippen molar-refractivity contribution in [2.45, 2.75) is 17.4 Å². The van der Waals surface area contributed by atoms with E-state index in [1.807, 2.05) is 0 Å². The predicted octanol–water partition coefficient (Wildman–Crippen LogP) is 1.64. The van der Waals surface area contributed by atoms with Crippen LogP contribution in [0.5, 0.6) is 0 Å². The van der Waals surface area contributed by atoms with Crippen molar-refractivity contribution in [3.05, 3.63) is 22.2 Å². The molecule has 0 aliphatic carbocycles. The number of hydrogen-bond donors (Lipinski definition) is 2. The van der Waals surface area contributed by atoms with Crippen LogP contribution in [0.25, 0.3) is 0 Å². The Labute approximate surface area is 115 Å². The monoisotopic (exact) mass is 310 g/mol. The third-order valence-electron chi connectivity index (χ3n) is 2.63. The Balaban J connectivity index is 2.32. The second kappa shape index (κ2) is 5.22. The number of nitrogens with one attached hydrogen (secondary N) is 1. The van der Waals surface area contributed by atoms with Crippen LogP contribution in [-0.4, -0.2) is 27.7 Å². The van der Waals surface area contributed by atoms with Crippen molar-refractivity contribution >= 4 is 38.9 Å². The van der Waals surface area contributed by atoms with Crippen LogP contribution in [0, 0.1) is 0 Å². The molecule has 1 aromatic carbocycles. The first-order valence-corrected chi connectivity index (χ1v) is 7.49. The zero-order valence-electron chi connectivity index (χ0n) is 9.32. The highest BCUT2D eigenvalue weighted by Gasteiger charge is 2.26. The fraction of sp³-hybridized carbons (Fsp3) is 0.400. The Morgan fingerprint density at radius 3 is 2.72 bits per heavy atom. The third kappa shape index (κ3) is 2.73. The van der Waals surface area contributed by atoms with E-state index < -0.39 is 10.0 Å². The summed E-state index contributed by atoms with van der Waals surface area (Å²) in [6.07, 6.45) is 0.639. The van der Waals surface area contributed by atoms with Gasteiger partial charge < -0.3 is 10.5 Å². The first-order chi connectivity index (χ1) is 8.42. The summed E-state index contributed by atoms with van der Waals surface area (Å²) in [4.78, 5) is -0.0713. The van der Waals surface area contributed by atoms with Gasteiger partial charge in [-0.1, -0.05) is 23.2 Å². The highest BCUT2D eigenvalue weighted by Crippen LogP contribution is 2.33. The molecule has 3 N–H and O–H groups in total. The van der Waals surface area contributed by atoms with Crippen LogP contribution < -0.4 is 10.5 Å². The van der Waals surface area contributed by atoms with E-state index in [1.54, 1.807) is 0 Å². The van der Waals surface area contributed by atoms with Crippen molar-refractivity contribution < 1.29 is 13.2 Å². The molecule has 1 unspecified atom stereocenters. The molecule has 0 bridgehead atoms. The van der Waals surface area contributed by atoms with Crippen molar-refractivity contribution in [1.29, 1.82) is 0 Å². The minimum Gasteiger partial charge on any atom is -0.396 e. The normalized spacial score (nSPS) is 20.2. The molecule has 1 aromatic rings. The molecular formula is C10H12Cl2N2O3S. The number of nitrogens with two attached hydrogens (primary N) is 1. The number of halogens is 2. The largest absolute Gasteiger partial charge is 0.396 e. The molecule has 2 rings (SSSR count). The maximum Gasteiger partial charge on any atom is 0.242 e. The summed E-state index contributed by atoms with van der Waals surface area (Å²) in [5, 5.41) is 0.164. The minimum atomic E-state index is -3.71. The number of anilines is 1. The summed E-state index contributed by atoms with van der Waals surface area (Å²) >= 11 is 11.7. The quantitative estimate of drug-likeness (QED) is 0.832. The number of rotatable bonds is 3. The molecule has 1 fully saturated rings. The van der Waals surface area contributed by atoms with Crippen LogP contribution in [0.2, 0.25) is 10.0 Å². The van der Waals surface area contributed by atoms with Gasteiger partial charge in [-0.25, -0.2) is 13.1 Å². The number of benzene rings is 1. The second-order valence-corrected chi connectivity index (χ2v) is 6.42. The fourth-order valence-electron chi connectivity index (χ4n) is 1.67. The lowest BCUT2D eigenvalue weighted by Gasteiger charge is -2.13. The maximum atomic E-state index is 12.1. The lowest BCUT2D eigenvalue weighted by Crippen LogP contribution is -2.35. The first kappa shape index (κ1) is 13.9. The van der Waals surface area contributed by atoms with Gasteiger partial charge in [-0.05, 0) is 18.6 Å². The Bertz CT molecular complexity index is 556. The fourth-order valence-corrected chi connectivity index (χ4v) is 3.69. The summed E-state index contributed by atoms with van der Waals surface area (Å²) in [5.74, 6) is 0. The van der Waals surface area contributed by atoms with E-state index in [0.29, 0.717) is 19.6 Å². The van der Waals surface area contributed by atoms with E-state index in [2.05, 4.69) is 4.72 Å². The maximum absolute atomic E-state index is 12.1. The summed E-state index contributed by atoms with van der Waals surface area (Å²) < 4.78 is 31.9. The average molecular weight is 311 g/mol. The molecule has 8 heteroatoms. The predicted molar refractivity (Wildman–Crippen MR) is 70.4 cm³/mol. The van der Waals surface area contributed by atoms with Crippen LogP contribution in [0.4, 0.5) is 5.69 Å². The van der Waals surface area contributed by atoms with E-state index in [0.717, 1.165) is 0 Å². The van der Waals surface area contributed by atoms with Gasteiger partial charge in [0, 0.05) is 12.6 Å². The summed E-state index contributed by atoms with van der Waals surface area (Å²) in [7, 11) is -3.71. The van der Waals surface area contributed by atoms with Crippen LogP contribution >= 0.6 is 23.2 Å². The van der Waals surface area contributed by atoms with Crippen LogP contribution in [0.3, 0.4) is 0 Å². The van der Waals surface area contributed by atoms with Gasteiger partial charge in [-0.15, -0.1) is 0 Å². The van der Waals surface area contributed by atoms with Crippen LogP contribution in [0.1, 0.15) is 6.42 Å². The van der Waals surface area contributed by atoms with Crippen molar-refractivity contribution in [1.82, 2.24) is 4.72 Å². The number of nitrogen functional groups attached to an aromatic ring is 1. The molecule has 100 valence electrons. The Morgan fingerprint density at radius 1 is 1.39 bits per heavy atom. The van der Waals surface area contributed by atoms with Gasteiger partial charge in [0.05, 0.1) is 22.3 Å². The molecule has 0 aromatic heterocycles. The molecular weight excluding hydrogens is 299 g/mol. The van der Waals surface area contributed by atoms with Gasteiger partial charge in [0.1, 0.15) is 4.90 Å². The Morgan fingerprint density at radius 2 is 2.11 bits per heavy atom. The summed E-state index contributed by atoms with van der Waals surface area (Å²) in [5.41, 5.74) is 5.67. The van der Waals surface area contributed by atoms with Crippen molar-refractivity contribution in [2.75, 3.05) is 18.9 Å². The van der Waals surface area contributed by atoms with Crippen LogP contribution in [-0.2, 0) is 14.8 Å². The van der Waals surface area contributed by atoms with E-state index >= 15 is 0 Å². The molecule has 1 atom stereocenters. The van der Waals surface area contributed by atoms with E-state index in [1.165, 1.54) is 12.1 Å². The zero-order chi connectivity index (χ0) is 13.3. The second-order valence-electron chi connectivity index (χ2n) is 3.95. The molecule has 5 nitrogen and oxygen atoms in total. The molecule has 0 amide bonds. The van der Waals surface area contributed by atoms with E-state index in [9.17, 15) is 8.42 Å². The lowest BCUT2D eigenvalue weighted by atomic mass is 10.3. The van der Waals surface area contributed by atoms with Crippen molar-refractivity contribution in [3.8, 4) is 0 Å². The Kier molecular flexibility index (Phi) is 4.03. The van der Waals surface area contributed by atoms with E-state index in [-0.39, 0.29) is 26.7 Å². The molecule has 0 saturated carbocycles. The third-order valence-corrected chi connectivity index (χ3v) is 5.04. The average Bonchev–Trinajstić information content (AvgIpc) is 2.77. The highest BCUT2D eigenvalue weighted by molar-refractivity contribution is 7.89. The molecule has 18 heavy (non-hydrogen) atoms. The highest BCUT2D eigenvalue weighted by atomic mass is 35.5. The number of ether oxygens (including phenoxy) is 1. The summed E-state index contributed by atoms with van der Waals surface area (Å²) in [6, 6.07) is 2.50. The smallest absolute Gasteiger partial charge is 0.242 e.